The van der Waals surface area contributed by atoms with Crippen LogP contribution in [0.1, 0.15) is 19.0 Å². The van der Waals surface area contributed by atoms with Gasteiger partial charge in [0.2, 0.25) is 0 Å². The van der Waals surface area contributed by atoms with Crippen molar-refractivity contribution in [2.45, 2.75) is 30.6 Å². The van der Waals surface area contributed by atoms with Crippen LogP contribution in [0.3, 0.4) is 0 Å². The maximum Gasteiger partial charge on any atom is 0.150 e. The molecule has 0 amide bonds. The monoisotopic (exact) mass is 241 g/mol. The quantitative estimate of drug-likeness (QED) is 0.777. The van der Waals surface area contributed by atoms with Crippen molar-refractivity contribution in [2.24, 2.45) is 0 Å². The smallest absolute Gasteiger partial charge is 0.150 e. The first kappa shape index (κ1) is 12.5. The molecule has 0 saturated carbocycles. The topological polar surface area (TPSA) is 48.7 Å². The van der Waals surface area contributed by atoms with E-state index in [0.717, 1.165) is 28.8 Å². The van der Waals surface area contributed by atoms with Crippen molar-refractivity contribution < 1.29 is 0 Å². The Labute approximate surface area is 98.9 Å². The highest BCUT2D eigenvalue weighted by Crippen LogP contribution is 2.23. The fraction of sp³-hybridized carbons (Fsp3) is 0.600. The number of thioether (sulfide) groups is 1. The van der Waals surface area contributed by atoms with Crippen LogP contribution < -0.4 is 5.32 Å². The third kappa shape index (κ3) is 4.65. The lowest BCUT2D eigenvalue weighted by molar-refractivity contribution is 0.613. The molecule has 1 atom stereocenters. The summed E-state index contributed by atoms with van der Waals surface area (Å²) in [5.74, 6) is 0.943. The number of rotatable bonds is 6. The van der Waals surface area contributed by atoms with E-state index in [2.05, 4.69) is 21.8 Å². The van der Waals surface area contributed by atoms with Gasteiger partial charge in [-0.3, -0.25) is 0 Å². The van der Waals surface area contributed by atoms with E-state index < -0.39 is 0 Å². The zero-order valence-corrected chi connectivity index (χ0v) is 10.6. The van der Waals surface area contributed by atoms with E-state index in [1.165, 1.54) is 0 Å². The van der Waals surface area contributed by atoms with Crippen molar-refractivity contribution in [3.63, 3.8) is 0 Å². The molecule has 3 nitrogen and oxygen atoms in total. The van der Waals surface area contributed by atoms with Crippen molar-refractivity contribution in [2.75, 3.05) is 12.3 Å². The minimum absolute atomic E-state index is 0.0245. The summed E-state index contributed by atoms with van der Waals surface area (Å²) in [5, 5.41) is 14.0. The second-order valence-electron chi connectivity index (χ2n) is 3.13. The van der Waals surface area contributed by atoms with E-state index in [-0.39, 0.29) is 6.04 Å². The van der Waals surface area contributed by atoms with Gasteiger partial charge in [-0.15, -0.1) is 11.3 Å². The predicted octanol–water partition coefficient (Wildman–Crippen LogP) is 2.44. The van der Waals surface area contributed by atoms with E-state index in [1.807, 2.05) is 13.8 Å². The van der Waals surface area contributed by atoms with Crippen LogP contribution in [0, 0.1) is 18.3 Å². The fourth-order valence-corrected chi connectivity index (χ4v) is 3.05. The third-order valence-electron chi connectivity index (χ3n) is 1.84. The van der Waals surface area contributed by atoms with Gasteiger partial charge in [0.25, 0.3) is 0 Å². The number of hydrogen-bond acceptors (Lipinski definition) is 5. The van der Waals surface area contributed by atoms with E-state index in [1.54, 1.807) is 23.1 Å². The van der Waals surface area contributed by atoms with Gasteiger partial charge in [-0.2, -0.15) is 5.26 Å². The Morgan fingerprint density at radius 2 is 2.53 bits per heavy atom. The van der Waals surface area contributed by atoms with Crippen molar-refractivity contribution >= 4 is 23.1 Å². The van der Waals surface area contributed by atoms with Gasteiger partial charge in [0, 0.05) is 16.8 Å². The number of hydrogen-bond donors (Lipinski definition) is 1. The maximum absolute atomic E-state index is 8.82. The van der Waals surface area contributed by atoms with Crippen LogP contribution in [0.4, 0.5) is 0 Å². The largest absolute Gasteiger partial charge is 0.302 e. The number of nitrogens with one attached hydrogen (secondary N) is 1. The summed E-state index contributed by atoms with van der Waals surface area (Å²) >= 11 is 3.40. The summed E-state index contributed by atoms with van der Waals surface area (Å²) in [6.07, 6.45) is 0.869. The highest BCUT2D eigenvalue weighted by Gasteiger charge is 2.06. The molecule has 1 unspecified atom stereocenters. The van der Waals surface area contributed by atoms with Gasteiger partial charge in [0.15, 0.2) is 0 Å². The standard InChI is InChI=1S/C10H15N3S2/c1-3-12-9(6-11)4-5-14-10-13-8(2)7-15-10/h7,9,12H,3-5H2,1-2H3. The zero-order valence-electron chi connectivity index (χ0n) is 8.99. The Bertz CT molecular complexity index is 330. The van der Waals surface area contributed by atoms with Gasteiger partial charge >= 0.3 is 0 Å². The first-order valence-electron chi connectivity index (χ1n) is 4.94. The number of nitriles is 1. The summed E-state index contributed by atoms with van der Waals surface area (Å²) in [7, 11) is 0. The summed E-state index contributed by atoms with van der Waals surface area (Å²) in [6.45, 7) is 4.86. The third-order valence-corrected chi connectivity index (χ3v) is 4.01. The number of aryl methyl sites for hydroxylation is 1. The molecule has 1 aromatic heterocycles. The second kappa shape index (κ2) is 6.83. The van der Waals surface area contributed by atoms with Crippen molar-refractivity contribution in [1.82, 2.24) is 10.3 Å². The first-order valence-corrected chi connectivity index (χ1v) is 6.80. The molecule has 0 aromatic carbocycles. The Kier molecular flexibility index (Phi) is 5.69. The normalized spacial score (nSPS) is 12.3. The van der Waals surface area contributed by atoms with Gasteiger partial charge < -0.3 is 5.32 Å². The van der Waals surface area contributed by atoms with Crippen LogP contribution in [0.5, 0.6) is 0 Å². The van der Waals surface area contributed by atoms with Crippen LogP contribution >= 0.6 is 23.1 Å². The Hall–Kier alpha value is -0.570. The molecule has 1 heterocycles. The Morgan fingerprint density at radius 1 is 1.73 bits per heavy atom. The van der Waals surface area contributed by atoms with Gasteiger partial charge in [0.1, 0.15) is 4.34 Å². The van der Waals surface area contributed by atoms with Crippen molar-refractivity contribution in [3.05, 3.63) is 11.1 Å². The SMILES string of the molecule is CCNC(C#N)CCSc1nc(C)cs1. The van der Waals surface area contributed by atoms with Gasteiger partial charge in [-0.1, -0.05) is 18.7 Å². The molecule has 0 aliphatic carbocycles. The predicted molar refractivity (Wildman–Crippen MR) is 65.3 cm³/mol. The molecule has 15 heavy (non-hydrogen) atoms. The lowest BCUT2D eigenvalue weighted by Gasteiger charge is -2.07. The lowest BCUT2D eigenvalue weighted by Crippen LogP contribution is -2.27. The molecule has 0 fully saturated rings. The summed E-state index contributed by atoms with van der Waals surface area (Å²) in [5.41, 5.74) is 1.08. The molecule has 1 N–H and O–H groups in total. The maximum atomic E-state index is 8.82. The molecular weight excluding hydrogens is 226 g/mol. The minimum atomic E-state index is -0.0245. The highest BCUT2D eigenvalue weighted by molar-refractivity contribution is 8.01. The highest BCUT2D eigenvalue weighted by atomic mass is 32.2. The van der Waals surface area contributed by atoms with Crippen molar-refractivity contribution in [3.8, 4) is 6.07 Å². The molecule has 1 rings (SSSR count). The first-order chi connectivity index (χ1) is 7.26. The molecule has 0 bridgehead atoms. The van der Waals surface area contributed by atoms with Gasteiger partial charge in [0.05, 0.1) is 12.1 Å². The molecule has 5 heteroatoms. The lowest BCUT2D eigenvalue weighted by atomic mass is 10.2. The minimum Gasteiger partial charge on any atom is -0.302 e. The van der Waals surface area contributed by atoms with Crippen LogP contribution in [-0.4, -0.2) is 23.3 Å². The number of nitrogens with zero attached hydrogens (tertiary/aromatic N) is 2. The molecule has 82 valence electrons. The summed E-state index contributed by atoms with van der Waals surface area (Å²) in [6, 6.07) is 2.23. The van der Waals surface area contributed by atoms with Gasteiger partial charge in [-0.25, -0.2) is 4.98 Å². The van der Waals surface area contributed by atoms with E-state index >= 15 is 0 Å². The number of thiazole rings is 1. The van der Waals surface area contributed by atoms with Crippen LogP contribution in [0.25, 0.3) is 0 Å². The number of aromatic nitrogens is 1. The Balaban J connectivity index is 2.24. The Morgan fingerprint density at radius 3 is 3.07 bits per heavy atom. The van der Waals surface area contributed by atoms with Crippen LogP contribution in [0.2, 0.25) is 0 Å². The van der Waals surface area contributed by atoms with E-state index in [4.69, 9.17) is 5.26 Å². The van der Waals surface area contributed by atoms with Crippen LogP contribution in [-0.2, 0) is 0 Å². The molecular formula is C10H15N3S2. The zero-order chi connectivity index (χ0) is 11.1. The molecule has 0 spiro atoms. The average molecular weight is 241 g/mol. The fourth-order valence-electron chi connectivity index (χ4n) is 1.12. The van der Waals surface area contributed by atoms with E-state index in [9.17, 15) is 0 Å². The molecule has 0 saturated heterocycles. The summed E-state index contributed by atoms with van der Waals surface area (Å²) in [4.78, 5) is 4.36. The molecule has 1 aromatic rings. The molecule has 0 aliphatic rings. The van der Waals surface area contributed by atoms with Crippen molar-refractivity contribution in [1.29, 1.82) is 5.26 Å². The average Bonchev–Trinajstić information content (AvgIpc) is 2.63. The molecule has 0 radical (unpaired) electrons. The van der Waals surface area contributed by atoms with Gasteiger partial charge in [-0.05, 0) is 19.9 Å². The van der Waals surface area contributed by atoms with Crippen LogP contribution in [0.15, 0.2) is 9.72 Å². The second-order valence-corrected chi connectivity index (χ2v) is 5.33. The van der Waals surface area contributed by atoms with E-state index in [0.29, 0.717) is 0 Å². The summed E-state index contributed by atoms with van der Waals surface area (Å²) < 4.78 is 1.10. The molecule has 0 aliphatic heterocycles.